The third-order valence-corrected chi connectivity index (χ3v) is 4.25. The molecule has 1 aliphatic carbocycles. The molecule has 0 spiro atoms. The molecule has 0 saturated carbocycles. The van der Waals surface area contributed by atoms with Crippen LogP contribution in [0, 0.1) is 0 Å². The second-order valence-corrected chi connectivity index (χ2v) is 5.72. The van der Waals surface area contributed by atoms with Crippen molar-refractivity contribution in [3.05, 3.63) is 76.4 Å². The predicted octanol–water partition coefficient (Wildman–Crippen LogP) is 3.64. The number of fused-ring (bicyclic) bond motifs is 1. The van der Waals surface area contributed by atoms with Gasteiger partial charge in [-0.25, -0.2) is 4.79 Å². The first kappa shape index (κ1) is 16.8. The molecular weight excluding hydrogens is 316 g/mol. The van der Waals surface area contributed by atoms with Crippen molar-refractivity contribution in [2.75, 3.05) is 6.61 Å². The van der Waals surface area contributed by atoms with Crippen molar-refractivity contribution < 1.29 is 19.1 Å². The molecule has 0 amide bonds. The van der Waals surface area contributed by atoms with Gasteiger partial charge < -0.3 is 4.74 Å². The molecule has 0 heterocycles. The summed E-state index contributed by atoms with van der Waals surface area (Å²) in [6, 6.07) is 13.9. The molecule has 0 aromatic heterocycles. The minimum atomic E-state index is -0.759. The summed E-state index contributed by atoms with van der Waals surface area (Å²) in [5.74, 6) is -1.56. The summed E-state index contributed by atoms with van der Waals surface area (Å²) in [7, 11) is 0. The lowest BCUT2D eigenvalue weighted by Gasteiger charge is -2.20. The Morgan fingerprint density at radius 2 is 1.48 bits per heavy atom. The number of allylic oxidation sites excluding steroid dienone is 1. The maximum absolute atomic E-state index is 13.0. The fourth-order valence-corrected chi connectivity index (χ4v) is 2.96. The number of ether oxygens (including phenoxy) is 1. The Kier molecular flexibility index (Phi) is 4.61. The van der Waals surface area contributed by atoms with Crippen LogP contribution in [0.4, 0.5) is 0 Å². The number of ketones is 2. The van der Waals surface area contributed by atoms with E-state index in [4.69, 9.17) is 4.74 Å². The van der Waals surface area contributed by atoms with Crippen LogP contribution in [0.5, 0.6) is 0 Å². The van der Waals surface area contributed by atoms with Gasteiger partial charge in [-0.05, 0) is 24.5 Å². The molecule has 0 unspecified atom stereocenters. The van der Waals surface area contributed by atoms with Gasteiger partial charge in [0, 0.05) is 16.7 Å². The lowest BCUT2D eigenvalue weighted by atomic mass is 9.81. The van der Waals surface area contributed by atoms with Gasteiger partial charge in [0.15, 0.2) is 5.78 Å². The summed E-state index contributed by atoms with van der Waals surface area (Å²) in [6.07, 6.45) is 0.861. The summed E-state index contributed by atoms with van der Waals surface area (Å²) in [6.45, 7) is 3.83. The molecule has 0 saturated heterocycles. The van der Waals surface area contributed by atoms with Gasteiger partial charge in [0.05, 0.1) is 6.61 Å². The SMILES string of the molecule is CCOC(=O)C1=C(c2ccc(CC)cc2)C(=O)c2ccccc2C1=O. The molecule has 2 aromatic carbocycles. The minimum Gasteiger partial charge on any atom is -0.462 e. The second-order valence-electron chi connectivity index (χ2n) is 5.72. The smallest absolute Gasteiger partial charge is 0.342 e. The van der Waals surface area contributed by atoms with E-state index in [0.717, 1.165) is 12.0 Å². The van der Waals surface area contributed by atoms with Gasteiger partial charge in [-0.3, -0.25) is 9.59 Å². The van der Waals surface area contributed by atoms with Crippen LogP contribution in [-0.2, 0) is 16.0 Å². The molecule has 0 bridgehead atoms. The molecule has 4 heteroatoms. The van der Waals surface area contributed by atoms with Gasteiger partial charge in [0.25, 0.3) is 0 Å². The number of hydrogen-bond donors (Lipinski definition) is 0. The van der Waals surface area contributed by atoms with Gasteiger partial charge in [-0.1, -0.05) is 55.5 Å². The molecule has 3 rings (SSSR count). The Bertz CT molecular complexity index is 888. The number of hydrogen-bond acceptors (Lipinski definition) is 4. The Morgan fingerprint density at radius 1 is 0.880 bits per heavy atom. The highest BCUT2D eigenvalue weighted by molar-refractivity contribution is 6.46. The number of benzene rings is 2. The quantitative estimate of drug-likeness (QED) is 0.632. The number of carbonyl (C=O) groups excluding carboxylic acids is 3. The average molecular weight is 334 g/mol. The fraction of sp³-hybridized carbons (Fsp3) is 0.190. The van der Waals surface area contributed by atoms with Crippen molar-refractivity contribution in [2.45, 2.75) is 20.3 Å². The fourth-order valence-electron chi connectivity index (χ4n) is 2.96. The highest BCUT2D eigenvalue weighted by Crippen LogP contribution is 2.33. The summed E-state index contributed by atoms with van der Waals surface area (Å²) in [4.78, 5) is 38.3. The maximum Gasteiger partial charge on any atom is 0.342 e. The lowest BCUT2D eigenvalue weighted by molar-refractivity contribution is -0.138. The van der Waals surface area contributed by atoms with E-state index >= 15 is 0 Å². The summed E-state index contributed by atoms with van der Waals surface area (Å²) < 4.78 is 5.04. The van der Waals surface area contributed by atoms with Gasteiger partial charge in [0.2, 0.25) is 5.78 Å². The Morgan fingerprint density at radius 3 is 2.04 bits per heavy atom. The van der Waals surface area contributed by atoms with Gasteiger partial charge >= 0.3 is 5.97 Å². The standard InChI is InChI=1S/C21H18O4/c1-3-13-9-11-14(12-10-13)17-18(21(24)25-4-2)20(23)16-8-6-5-7-15(16)19(17)22/h5-12H,3-4H2,1-2H3. The monoisotopic (exact) mass is 334 g/mol. The van der Waals surface area contributed by atoms with Crippen molar-refractivity contribution in [1.82, 2.24) is 0 Å². The van der Waals surface area contributed by atoms with E-state index in [1.54, 1.807) is 43.3 Å². The topological polar surface area (TPSA) is 60.4 Å². The van der Waals surface area contributed by atoms with Crippen molar-refractivity contribution >= 4 is 23.1 Å². The van der Waals surface area contributed by atoms with E-state index in [9.17, 15) is 14.4 Å². The number of carbonyl (C=O) groups is 3. The van der Waals surface area contributed by atoms with Crippen molar-refractivity contribution in [2.24, 2.45) is 0 Å². The van der Waals surface area contributed by atoms with Crippen LogP contribution in [0.3, 0.4) is 0 Å². The third kappa shape index (κ3) is 2.91. The number of rotatable bonds is 4. The molecule has 2 aromatic rings. The number of Topliss-reactive ketones (excluding diaryl/α,β-unsaturated/α-hetero) is 2. The third-order valence-electron chi connectivity index (χ3n) is 4.25. The summed E-state index contributed by atoms with van der Waals surface area (Å²) >= 11 is 0. The average Bonchev–Trinajstić information content (AvgIpc) is 2.64. The van der Waals surface area contributed by atoms with E-state index in [-0.39, 0.29) is 29.1 Å². The Hall–Kier alpha value is -3.01. The van der Waals surface area contributed by atoms with Crippen molar-refractivity contribution in [3.8, 4) is 0 Å². The van der Waals surface area contributed by atoms with Crippen LogP contribution >= 0.6 is 0 Å². The molecule has 1 aliphatic rings. The molecule has 4 nitrogen and oxygen atoms in total. The van der Waals surface area contributed by atoms with E-state index < -0.39 is 11.8 Å². The Labute approximate surface area is 146 Å². The zero-order valence-corrected chi connectivity index (χ0v) is 14.2. The molecule has 0 radical (unpaired) electrons. The Balaban J connectivity index is 2.23. The van der Waals surface area contributed by atoms with Gasteiger partial charge in [0.1, 0.15) is 5.57 Å². The zero-order chi connectivity index (χ0) is 18.0. The largest absolute Gasteiger partial charge is 0.462 e. The normalized spacial score (nSPS) is 13.7. The minimum absolute atomic E-state index is 0.116. The molecule has 0 aliphatic heterocycles. The molecule has 126 valence electrons. The van der Waals surface area contributed by atoms with Crippen LogP contribution in [0.1, 0.15) is 45.7 Å². The predicted molar refractivity (Wildman–Crippen MR) is 94.5 cm³/mol. The highest BCUT2D eigenvalue weighted by atomic mass is 16.5. The first-order chi connectivity index (χ1) is 12.1. The van der Waals surface area contributed by atoms with E-state index in [1.165, 1.54) is 0 Å². The van der Waals surface area contributed by atoms with Crippen LogP contribution in [-0.4, -0.2) is 24.1 Å². The molecule has 0 atom stereocenters. The van der Waals surface area contributed by atoms with Gasteiger partial charge in [-0.15, -0.1) is 0 Å². The summed E-state index contributed by atoms with van der Waals surface area (Å²) in [5, 5.41) is 0. The van der Waals surface area contributed by atoms with Crippen LogP contribution < -0.4 is 0 Å². The number of aryl methyl sites for hydroxylation is 1. The van der Waals surface area contributed by atoms with E-state index in [0.29, 0.717) is 11.1 Å². The highest BCUT2D eigenvalue weighted by Gasteiger charge is 2.37. The molecule has 25 heavy (non-hydrogen) atoms. The zero-order valence-electron chi connectivity index (χ0n) is 14.2. The van der Waals surface area contributed by atoms with Crippen molar-refractivity contribution in [3.63, 3.8) is 0 Å². The van der Waals surface area contributed by atoms with E-state index in [2.05, 4.69) is 0 Å². The lowest BCUT2D eigenvalue weighted by Crippen LogP contribution is -2.27. The maximum atomic E-state index is 13.0. The first-order valence-electron chi connectivity index (χ1n) is 8.27. The van der Waals surface area contributed by atoms with Crippen LogP contribution in [0.2, 0.25) is 0 Å². The molecular formula is C21H18O4. The molecule has 0 N–H and O–H groups in total. The van der Waals surface area contributed by atoms with Crippen molar-refractivity contribution in [1.29, 1.82) is 0 Å². The second kappa shape index (κ2) is 6.85. The first-order valence-corrected chi connectivity index (χ1v) is 8.27. The number of esters is 1. The van der Waals surface area contributed by atoms with Gasteiger partial charge in [-0.2, -0.15) is 0 Å². The van der Waals surface area contributed by atoms with Crippen LogP contribution in [0.15, 0.2) is 54.1 Å². The van der Waals surface area contributed by atoms with E-state index in [1.807, 2.05) is 19.1 Å². The summed E-state index contributed by atoms with van der Waals surface area (Å²) in [5.41, 5.74) is 2.14. The van der Waals surface area contributed by atoms with Crippen LogP contribution in [0.25, 0.3) is 5.57 Å². The molecule has 0 fully saturated rings.